The van der Waals surface area contributed by atoms with Gasteiger partial charge in [-0.15, -0.1) is 0 Å². The molecule has 0 amide bonds. The summed E-state index contributed by atoms with van der Waals surface area (Å²) < 4.78 is 27.4. The number of aryl methyl sites for hydroxylation is 2. The molecule has 2 heterocycles. The van der Waals surface area contributed by atoms with Crippen molar-refractivity contribution in [3.05, 3.63) is 29.3 Å². The molecule has 0 aliphatic carbocycles. The van der Waals surface area contributed by atoms with Gasteiger partial charge in [-0.25, -0.2) is 12.7 Å². The lowest BCUT2D eigenvalue weighted by molar-refractivity contribution is 0.321. The molecule has 0 unspecified atom stereocenters. The number of piperidine rings is 1. The summed E-state index contributed by atoms with van der Waals surface area (Å²) in [7, 11) is -3.52. The molecule has 0 saturated carbocycles. The highest BCUT2D eigenvalue weighted by molar-refractivity contribution is 7.89. The molecule has 1 saturated heterocycles. The third-order valence-electron chi connectivity index (χ3n) is 4.48. The summed E-state index contributed by atoms with van der Waals surface area (Å²) in [6.07, 6.45) is 3.43. The first-order valence-electron chi connectivity index (χ1n) is 7.89. The Balaban J connectivity index is 1.90. The van der Waals surface area contributed by atoms with Gasteiger partial charge in [0.1, 0.15) is 0 Å². The molecule has 0 bridgehead atoms. The third kappa shape index (κ3) is 2.72. The van der Waals surface area contributed by atoms with Crippen molar-refractivity contribution in [2.75, 3.05) is 26.2 Å². The molecule has 2 aliphatic rings. The molecule has 1 aromatic rings. The highest BCUT2D eigenvalue weighted by atomic mass is 32.2. The summed E-state index contributed by atoms with van der Waals surface area (Å²) in [6, 6.07) is 5.33. The number of aliphatic imine (C=N–C) groups is 1. The second kappa shape index (κ2) is 5.91. The summed E-state index contributed by atoms with van der Waals surface area (Å²) >= 11 is 0. The van der Waals surface area contributed by atoms with Gasteiger partial charge in [0.2, 0.25) is 5.96 Å². The molecule has 1 fully saturated rings. The molecule has 0 radical (unpaired) electrons. The fraction of sp³-hybridized carbons (Fsp3) is 0.562. The fourth-order valence-corrected chi connectivity index (χ4v) is 4.53. The van der Waals surface area contributed by atoms with Gasteiger partial charge in [-0.05, 0) is 56.4 Å². The largest absolute Gasteiger partial charge is 0.342 e. The molecule has 1 aromatic carbocycles. The van der Waals surface area contributed by atoms with Crippen molar-refractivity contribution >= 4 is 16.0 Å². The minimum Gasteiger partial charge on any atom is -0.342 e. The molecule has 0 atom stereocenters. The zero-order chi connectivity index (χ0) is 15.7. The number of hydrogen-bond donors (Lipinski definition) is 0. The molecule has 6 heteroatoms. The van der Waals surface area contributed by atoms with E-state index in [9.17, 15) is 8.42 Å². The summed E-state index contributed by atoms with van der Waals surface area (Å²) in [5.41, 5.74) is 2.10. The lowest BCUT2D eigenvalue weighted by Gasteiger charge is -2.33. The molecule has 3 rings (SSSR count). The summed E-state index contributed by atoms with van der Waals surface area (Å²) in [5, 5.41) is 0. The van der Waals surface area contributed by atoms with Gasteiger partial charge in [0.05, 0.1) is 18.0 Å². The van der Waals surface area contributed by atoms with Crippen molar-refractivity contribution in [1.29, 1.82) is 0 Å². The Morgan fingerprint density at radius 1 is 1.00 bits per heavy atom. The maximum absolute atomic E-state index is 13.0. The molecular formula is C16H23N3O2S. The van der Waals surface area contributed by atoms with Gasteiger partial charge in [-0.1, -0.05) is 6.07 Å². The van der Waals surface area contributed by atoms with E-state index >= 15 is 0 Å². The Labute approximate surface area is 132 Å². The Hall–Kier alpha value is -1.56. The van der Waals surface area contributed by atoms with Crippen LogP contribution in [0.4, 0.5) is 0 Å². The van der Waals surface area contributed by atoms with Crippen molar-refractivity contribution < 1.29 is 8.42 Å². The number of sulfonamides is 1. The first-order valence-corrected chi connectivity index (χ1v) is 9.33. The van der Waals surface area contributed by atoms with Crippen LogP contribution in [0.2, 0.25) is 0 Å². The van der Waals surface area contributed by atoms with Crippen LogP contribution in [-0.2, 0) is 10.0 Å². The van der Waals surface area contributed by atoms with Gasteiger partial charge < -0.3 is 4.90 Å². The van der Waals surface area contributed by atoms with E-state index in [1.54, 1.807) is 12.1 Å². The number of hydrogen-bond acceptors (Lipinski definition) is 4. The SMILES string of the molecule is Cc1ccc(S(=O)(=O)N2CCN=C2N2CCCCC2)cc1C. The number of guanidine groups is 1. The zero-order valence-corrected chi connectivity index (χ0v) is 14.1. The predicted molar refractivity (Wildman–Crippen MR) is 87.5 cm³/mol. The molecule has 5 nitrogen and oxygen atoms in total. The van der Waals surface area contributed by atoms with E-state index in [0.717, 1.165) is 37.1 Å². The summed E-state index contributed by atoms with van der Waals surface area (Å²) in [4.78, 5) is 6.95. The normalized spacial score (nSPS) is 19.5. The molecule has 2 aliphatic heterocycles. The van der Waals surface area contributed by atoms with Crippen LogP contribution in [0.15, 0.2) is 28.1 Å². The monoisotopic (exact) mass is 321 g/mol. The Morgan fingerprint density at radius 2 is 1.73 bits per heavy atom. The average Bonchev–Trinajstić information content (AvgIpc) is 3.01. The molecular weight excluding hydrogens is 298 g/mol. The molecule has 0 spiro atoms. The van der Waals surface area contributed by atoms with E-state index < -0.39 is 10.0 Å². The maximum atomic E-state index is 13.0. The van der Waals surface area contributed by atoms with E-state index in [-0.39, 0.29) is 0 Å². The number of rotatable bonds is 2. The third-order valence-corrected chi connectivity index (χ3v) is 6.26. The van der Waals surface area contributed by atoms with Crippen molar-refractivity contribution in [3.63, 3.8) is 0 Å². The number of benzene rings is 1. The van der Waals surface area contributed by atoms with Crippen LogP contribution in [0.3, 0.4) is 0 Å². The van der Waals surface area contributed by atoms with Gasteiger partial charge in [-0.3, -0.25) is 4.99 Å². The Kier molecular flexibility index (Phi) is 4.12. The number of nitrogens with zero attached hydrogens (tertiary/aromatic N) is 3. The van der Waals surface area contributed by atoms with E-state index in [1.807, 2.05) is 19.9 Å². The van der Waals surface area contributed by atoms with Crippen molar-refractivity contribution in [2.45, 2.75) is 38.0 Å². The number of likely N-dealkylation sites (tertiary alicyclic amines) is 1. The standard InChI is InChI=1S/C16H23N3O2S/c1-13-6-7-15(12-14(13)2)22(20,21)19-11-8-17-16(19)18-9-4-3-5-10-18/h6-7,12H,3-5,8-11H2,1-2H3. The lowest BCUT2D eigenvalue weighted by atomic mass is 10.1. The highest BCUT2D eigenvalue weighted by Gasteiger charge is 2.34. The minimum absolute atomic E-state index is 0.363. The van der Waals surface area contributed by atoms with Crippen LogP contribution < -0.4 is 0 Å². The zero-order valence-electron chi connectivity index (χ0n) is 13.2. The quantitative estimate of drug-likeness (QED) is 0.839. The Bertz CT molecular complexity index is 691. The molecule has 120 valence electrons. The molecule has 0 N–H and O–H groups in total. The Morgan fingerprint density at radius 3 is 2.41 bits per heavy atom. The molecule has 22 heavy (non-hydrogen) atoms. The first-order chi connectivity index (χ1) is 10.5. The average molecular weight is 321 g/mol. The maximum Gasteiger partial charge on any atom is 0.266 e. The second-order valence-electron chi connectivity index (χ2n) is 6.05. The fourth-order valence-electron chi connectivity index (χ4n) is 3.00. The van der Waals surface area contributed by atoms with E-state index in [2.05, 4.69) is 9.89 Å². The molecule has 0 aromatic heterocycles. The van der Waals surface area contributed by atoms with Crippen LogP contribution in [-0.4, -0.2) is 49.8 Å². The predicted octanol–water partition coefficient (Wildman–Crippen LogP) is 2.15. The van der Waals surface area contributed by atoms with Crippen molar-refractivity contribution in [2.24, 2.45) is 4.99 Å². The minimum atomic E-state index is -3.52. The first kappa shape index (κ1) is 15.3. The van der Waals surface area contributed by atoms with Crippen molar-refractivity contribution in [3.8, 4) is 0 Å². The van der Waals surface area contributed by atoms with Gasteiger partial charge in [0.15, 0.2) is 0 Å². The van der Waals surface area contributed by atoms with Crippen LogP contribution in [0.1, 0.15) is 30.4 Å². The van der Waals surface area contributed by atoms with E-state index in [4.69, 9.17) is 0 Å². The second-order valence-corrected chi connectivity index (χ2v) is 7.91. The highest BCUT2D eigenvalue weighted by Crippen LogP contribution is 2.23. The topological polar surface area (TPSA) is 53.0 Å². The smallest absolute Gasteiger partial charge is 0.266 e. The van der Waals surface area contributed by atoms with Gasteiger partial charge >= 0.3 is 0 Å². The van der Waals surface area contributed by atoms with Crippen LogP contribution in [0.25, 0.3) is 0 Å². The van der Waals surface area contributed by atoms with Crippen LogP contribution in [0, 0.1) is 13.8 Å². The van der Waals surface area contributed by atoms with Gasteiger partial charge in [0, 0.05) is 13.1 Å². The van der Waals surface area contributed by atoms with Crippen molar-refractivity contribution in [1.82, 2.24) is 9.21 Å². The lowest BCUT2D eigenvalue weighted by Crippen LogP contribution is -2.46. The summed E-state index contributed by atoms with van der Waals surface area (Å²) in [6.45, 7) is 6.73. The van der Waals surface area contributed by atoms with Gasteiger partial charge in [0.25, 0.3) is 10.0 Å². The van der Waals surface area contributed by atoms with Crippen LogP contribution >= 0.6 is 0 Å². The van der Waals surface area contributed by atoms with E-state index in [1.165, 1.54) is 10.7 Å². The van der Waals surface area contributed by atoms with Crippen LogP contribution in [0.5, 0.6) is 0 Å². The van der Waals surface area contributed by atoms with E-state index in [0.29, 0.717) is 23.9 Å². The summed E-state index contributed by atoms with van der Waals surface area (Å²) in [5.74, 6) is 0.637. The van der Waals surface area contributed by atoms with Gasteiger partial charge in [-0.2, -0.15) is 0 Å².